The molecule has 0 spiro atoms. The number of hydrogen-bond acceptors (Lipinski definition) is 3. The molecule has 1 fully saturated rings. The van der Waals surface area contributed by atoms with Crippen LogP contribution < -0.4 is 4.90 Å². The Labute approximate surface area is 108 Å². The molecular weight excluding hydrogens is 319 g/mol. The molecule has 5 heteroatoms. The van der Waals surface area contributed by atoms with Crippen molar-refractivity contribution in [3.63, 3.8) is 0 Å². The van der Waals surface area contributed by atoms with Crippen LogP contribution in [0.4, 0.5) is 5.69 Å². The fourth-order valence-electron chi connectivity index (χ4n) is 1.97. The number of anilines is 1. The van der Waals surface area contributed by atoms with E-state index in [0.717, 1.165) is 28.8 Å². The zero-order chi connectivity index (χ0) is 11.5. The normalized spacial score (nSPS) is 20.8. The maximum Gasteiger partial charge on any atom is 0.308 e. The Balaban J connectivity index is 2.09. The molecule has 1 aromatic rings. The second kappa shape index (κ2) is 4.99. The minimum Gasteiger partial charge on any atom is -0.481 e. The van der Waals surface area contributed by atoms with Gasteiger partial charge < -0.3 is 10.0 Å². The Morgan fingerprint density at radius 1 is 1.56 bits per heavy atom. The van der Waals surface area contributed by atoms with Crippen LogP contribution >= 0.6 is 22.6 Å². The predicted octanol–water partition coefficient (Wildman–Crippen LogP) is 1.99. The van der Waals surface area contributed by atoms with Crippen LogP contribution in [0.2, 0.25) is 0 Å². The summed E-state index contributed by atoms with van der Waals surface area (Å²) in [6.07, 6.45) is 3.53. The SMILES string of the molecule is O=C(O)C1CCCN(c2ccc(I)nc2)C1. The molecular formula is C11H13IN2O2. The number of carbonyl (C=O) groups is 1. The third-order valence-electron chi connectivity index (χ3n) is 2.85. The Hall–Kier alpha value is -0.850. The lowest BCUT2D eigenvalue weighted by atomic mass is 9.98. The number of halogens is 1. The minimum absolute atomic E-state index is 0.243. The fraction of sp³-hybridized carbons (Fsp3) is 0.455. The highest BCUT2D eigenvalue weighted by molar-refractivity contribution is 14.1. The van der Waals surface area contributed by atoms with Gasteiger partial charge in [-0.2, -0.15) is 0 Å². The van der Waals surface area contributed by atoms with Crippen LogP contribution in [0.5, 0.6) is 0 Å². The molecule has 1 aliphatic heterocycles. The summed E-state index contributed by atoms with van der Waals surface area (Å²) >= 11 is 2.16. The van der Waals surface area contributed by atoms with E-state index in [0.29, 0.717) is 6.54 Å². The second-order valence-corrected chi connectivity index (χ2v) is 5.07. The minimum atomic E-state index is -0.692. The highest BCUT2D eigenvalue weighted by Gasteiger charge is 2.25. The monoisotopic (exact) mass is 332 g/mol. The zero-order valence-electron chi connectivity index (χ0n) is 8.77. The van der Waals surface area contributed by atoms with Crippen LogP contribution in [0.3, 0.4) is 0 Å². The van der Waals surface area contributed by atoms with Crippen molar-refractivity contribution in [2.75, 3.05) is 18.0 Å². The van der Waals surface area contributed by atoms with Gasteiger partial charge in [-0.3, -0.25) is 4.79 Å². The van der Waals surface area contributed by atoms with E-state index in [-0.39, 0.29) is 5.92 Å². The molecule has 4 nitrogen and oxygen atoms in total. The number of piperidine rings is 1. The van der Waals surface area contributed by atoms with E-state index in [1.807, 2.05) is 18.3 Å². The van der Waals surface area contributed by atoms with E-state index in [2.05, 4.69) is 32.5 Å². The van der Waals surface area contributed by atoms with Gasteiger partial charge in [-0.25, -0.2) is 4.98 Å². The second-order valence-electron chi connectivity index (χ2n) is 3.96. The molecule has 2 rings (SSSR count). The first-order valence-electron chi connectivity index (χ1n) is 5.26. The summed E-state index contributed by atoms with van der Waals surface area (Å²) in [4.78, 5) is 17.3. The Morgan fingerprint density at radius 3 is 3.00 bits per heavy atom. The maximum absolute atomic E-state index is 10.9. The molecule has 0 aromatic carbocycles. The van der Waals surface area contributed by atoms with Gasteiger partial charge in [0, 0.05) is 13.1 Å². The standard InChI is InChI=1S/C11H13IN2O2/c12-10-4-3-9(6-13-10)14-5-1-2-8(7-14)11(15)16/h3-4,6,8H,1-2,5,7H2,(H,15,16). The summed E-state index contributed by atoms with van der Waals surface area (Å²) in [7, 11) is 0. The molecule has 1 unspecified atom stereocenters. The fourth-order valence-corrected chi connectivity index (χ4v) is 2.29. The summed E-state index contributed by atoms with van der Waals surface area (Å²) < 4.78 is 0.952. The van der Waals surface area contributed by atoms with E-state index >= 15 is 0 Å². The molecule has 1 aromatic heterocycles. The van der Waals surface area contributed by atoms with Crippen LogP contribution in [-0.4, -0.2) is 29.1 Å². The number of aromatic nitrogens is 1. The summed E-state index contributed by atoms with van der Waals surface area (Å²) in [6, 6.07) is 3.94. The maximum atomic E-state index is 10.9. The molecule has 1 N–H and O–H groups in total. The third kappa shape index (κ3) is 2.63. The molecule has 2 heterocycles. The van der Waals surface area contributed by atoms with Gasteiger partial charge in [0.05, 0.1) is 17.8 Å². The summed E-state index contributed by atoms with van der Waals surface area (Å²) in [5.41, 5.74) is 1.02. The molecule has 86 valence electrons. The van der Waals surface area contributed by atoms with Crippen molar-refractivity contribution in [2.45, 2.75) is 12.8 Å². The number of rotatable bonds is 2. The van der Waals surface area contributed by atoms with Crippen molar-refractivity contribution < 1.29 is 9.90 Å². The lowest BCUT2D eigenvalue weighted by molar-refractivity contribution is -0.141. The average molecular weight is 332 g/mol. The third-order valence-corrected chi connectivity index (χ3v) is 3.49. The first kappa shape index (κ1) is 11.6. The van der Waals surface area contributed by atoms with Gasteiger partial charge in [-0.05, 0) is 47.6 Å². The predicted molar refractivity (Wildman–Crippen MR) is 69.5 cm³/mol. The first-order chi connectivity index (χ1) is 7.66. The molecule has 0 aliphatic carbocycles. The highest BCUT2D eigenvalue weighted by Crippen LogP contribution is 2.22. The molecule has 16 heavy (non-hydrogen) atoms. The van der Waals surface area contributed by atoms with E-state index in [4.69, 9.17) is 5.11 Å². The summed E-state index contributed by atoms with van der Waals surface area (Å²) in [6.45, 7) is 1.52. The van der Waals surface area contributed by atoms with Gasteiger partial charge in [0.15, 0.2) is 0 Å². The highest BCUT2D eigenvalue weighted by atomic mass is 127. The summed E-state index contributed by atoms with van der Waals surface area (Å²) in [5, 5.41) is 9.00. The number of carboxylic acids is 1. The number of nitrogens with zero attached hydrogens (tertiary/aromatic N) is 2. The van der Waals surface area contributed by atoms with E-state index in [1.165, 1.54) is 0 Å². The van der Waals surface area contributed by atoms with Gasteiger partial charge in [0.1, 0.15) is 3.70 Å². The average Bonchev–Trinajstić information content (AvgIpc) is 2.30. The number of carboxylic acid groups (broad SMARTS) is 1. The van der Waals surface area contributed by atoms with Crippen molar-refractivity contribution in [1.82, 2.24) is 4.98 Å². The lowest BCUT2D eigenvalue weighted by Gasteiger charge is -2.32. The van der Waals surface area contributed by atoms with Crippen LogP contribution in [0.25, 0.3) is 0 Å². The number of hydrogen-bond donors (Lipinski definition) is 1. The van der Waals surface area contributed by atoms with Crippen molar-refractivity contribution >= 4 is 34.2 Å². The number of aliphatic carboxylic acids is 1. The van der Waals surface area contributed by atoms with Gasteiger partial charge in [-0.15, -0.1) is 0 Å². The smallest absolute Gasteiger partial charge is 0.308 e. The van der Waals surface area contributed by atoms with Gasteiger partial charge in [-0.1, -0.05) is 0 Å². The summed E-state index contributed by atoms with van der Waals surface area (Å²) in [5.74, 6) is -0.934. The Morgan fingerprint density at radius 2 is 2.38 bits per heavy atom. The Kier molecular flexibility index (Phi) is 3.63. The van der Waals surface area contributed by atoms with Crippen LogP contribution in [0, 0.1) is 9.62 Å². The quantitative estimate of drug-likeness (QED) is 0.665. The van der Waals surface area contributed by atoms with Crippen molar-refractivity contribution in [3.8, 4) is 0 Å². The van der Waals surface area contributed by atoms with Crippen LogP contribution in [0.1, 0.15) is 12.8 Å². The van der Waals surface area contributed by atoms with Crippen LogP contribution in [0.15, 0.2) is 18.3 Å². The van der Waals surface area contributed by atoms with Crippen molar-refractivity contribution in [1.29, 1.82) is 0 Å². The first-order valence-corrected chi connectivity index (χ1v) is 6.34. The van der Waals surface area contributed by atoms with E-state index < -0.39 is 5.97 Å². The molecule has 1 saturated heterocycles. The van der Waals surface area contributed by atoms with Gasteiger partial charge in [0.2, 0.25) is 0 Å². The molecule has 0 saturated carbocycles. The molecule has 1 atom stereocenters. The van der Waals surface area contributed by atoms with Crippen LogP contribution in [-0.2, 0) is 4.79 Å². The lowest BCUT2D eigenvalue weighted by Crippen LogP contribution is -2.38. The van der Waals surface area contributed by atoms with E-state index in [9.17, 15) is 4.79 Å². The molecule has 0 amide bonds. The van der Waals surface area contributed by atoms with Gasteiger partial charge in [0.25, 0.3) is 0 Å². The molecule has 0 radical (unpaired) electrons. The Bertz CT molecular complexity index is 380. The topological polar surface area (TPSA) is 53.4 Å². The zero-order valence-corrected chi connectivity index (χ0v) is 10.9. The van der Waals surface area contributed by atoms with Gasteiger partial charge >= 0.3 is 5.97 Å². The molecule has 1 aliphatic rings. The largest absolute Gasteiger partial charge is 0.481 e. The van der Waals surface area contributed by atoms with Crippen molar-refractivity contribution in [3.05, 3.63) is 22.0 Å². The molecule has 0 bridgehead atoms. The number of pyridine rings is 1. The van der Waals surface area contributed by atoms with Crippen molar-refractivity contribution in [2.24, 2.45) is 5.92 Å². The van der Waals surface area contributed by atoms with E-state index in [1.54, 1.807) is 0 Å².